The number of fused-ring (bicyclic) bond motifs is 1. The number of benzene rings is 1. The monoisotopic (exact) mass is 331 g/mol. The molecule has 0 radical (unpaired) electrons. The SMILES string of the molecule is O=C(O)Cn1ccnc(NCCc2cccc3c2OCCO3)c1=O. The minimum atomic E-state index is -1.08. The van der Waals surface area contributed by atoms with Crippen LogP contribution in [0.1, 0.15) is 5.56 Å². The molecule has 0 aliphatic carbocycles. The second-order valence-electron chi connectivity index (χ2n) is 5.22. The molecule has 8 heteroatoms. The highest BCUT2D eigenvalue weighted by Crippen LogP contribution is 2.33. The minimum absolute atomic E-state index is 0.126. The maximum absolute atomic E-state index is 12.1. The summed E-state index contributed by atoms with van der Waals surface area (Å²) in [5, 5.41) is 11.7. The summed E-state index contributed by atoms with van der Waals surface area (Å²) in [5.41, 5.74) is 0.510. The van der Waals surface area contributed by atoms with Gasteiger partial charge in [0.2, 0.25) is 0 Å². The highest BCUT2D eigenvalue weighted by Gasteiger charge is 2.15. The highest BCUT2D eigenvalue weighted by molar-refractivity contribution is 5.66. The van der Waals surface area contributed by atoms with Crippen LogP contribution in [0.15, 0.2) is 35.4 Å². The molecule has 2 aromatic rings. The lowest BCUT2D eigenvalue weighted by Gasteiger charge is -2.21. The normalized spacial score (nSPS) is 12.7. The van der Waals surface area contributed by atoms with E-state index in [2.05, 4.69) is 10.3 Å². The maximum Gasteiger partial charge on any atom is 0.323 e. The fourth-order valence-electron chi connectivity index (χ4n) is 2.49. The number of aliphatic carboxylic acids is 1. The Labute approximate surface area is 137 Å². The molecule has 24 heavy (non-hydrogen) atoms. The van der Waals surface area contributed by atoms with Crippen molar-refractivity contribution in [3.8, 4) is 11.5 Å². The second-order valence-corrected chi connectivity index (χ2v) is 5.22. The van der Waals surface area contributed by atoms with Gasteiger partial charge in [-0.25, -0.2) is 4.98 Å². The molecule has 3 rings (SSSR count). The van der Waals surface area contributed by atoms with Crippen LogP contribution in [-0.2, 0) is 17.8 Å². The number of nitrogens with one attached hydrogen (secondary N) is 1. The van der Waals surface area contributed by atoms with Crippen LogP contribution in [-0.4, -0.2) is 40.4 Å². The third kappa shape index (κ3) is 3.48. The number of carboxylic acid groups (broad SMARTS) is 1. The van der Waals surface area contributed by atoms with E-state index >= 15 is 0 Å². The van der Waals surface area contributed by atoms with Crippen molar-refractivity contribution in [2.45, 2.75) is 13.0 Å². The zero-order valence-electron chi connectivity index (χ0n) is 12.9. The van der Waals surface area contributed by atoms with Crippen LogP contribution in [0.3, 0.4) is 0 Å². The van der Waals surface area contributed by atoms with Crippen molar-refractivity contribution in [2.75, 3.05) is 25.1 Å². The van der Waals surface area contributed by atoms with Crippen LogP contribution in [0, 0.1) is 0 Å². The van der Waals surface area contributed by atoms with Crippen LogP contribution in [0.5, 0.6) is 11.5 Å². The van der Waals surface area contributed by atoms with Gasteiger partial charge in [0.25, 0.3) is 5.56 Å². The number of para-hydroxylation sites is 1. The Morgan fingerprint density at radius 3 is 3.00 bits per heavy atom. The first-order valence-corrected chi connectivity index (χ1v) is 7.54. The number of anilines is 1. The lowest BCUT2D eigenvalue weighted by Crippen LogP contribution is -2.27. The lowest BCUT2D eigenvalue weighted by molar-refractivity contribution is -0.137. The number of aromatic nitrogens is 2. The van der Waals surface area contributed by atoms with Gasteiger partial charge < -0.3 is 19.9 Å². The zero-order valence-corrected chi connectivity index (χ0v) is 12.9. The first-order valence-electron chi connectivity index (χ1n) is 7.54. The molecule has 2 heterocycles. The molecule has 0 saturated heterocycles. The number of carboxylic acids is 1. The van der Waals surface area contributed by atoms with Crippen molar-refractivity contribution in [1.82, 2.24) is 9.55 Å². The molecule has 126 valence electrons. The van der Waals surface area contributed by atoms with E-state index in [1.807, 2.05) is 18.2 Å². The number of ether oxygens (including phenoxy) is 2. The van der Waals surface area contributed by atoms with Crippen LogP contribution >= 0.6 is 0 Å². The first kappa shape index (κ1) is 15.9. The molecule has 1 aliphatic rings. The van der Waals surface area contributed by atoms with Crippen molar-refractivity contribution in [3.63, 3.8) is 0 Å². The summed E-state index contributed by atoms with van der Waals surface area (Å²) in [7, 11) is 0. The highest BCUT2D eigenvalue weighted by atomic mass is 16.6. The van der Waals surface area contributed by atoms with Gasteiger partial charge in [0.05, 0.1) is 0 Å². The molecule has 0 unspecified atom stereocenters. The summed E-state index contributed by atoms with van der Waals surface area (Å²) in [4.78, 5) is 26.8. The van der Waals surface area contributed by atoms with Crippen molar-refractivity contribution >= 4 is 11.8 Å². The van der Waals surface area contributed by atoms with E-state index in [0.29, 0.717) is 26.2 Å². The molecule has 8 nitrogen and oxygen atoms in total. The van der Waals surface area contributed by atoms with E-state index in [4.69, 9.17) is 14.6 Å². The molecule has 0 spiro atoms. The van der Waals surface area contributed by atoms with Crippen molar-refractivity contribution < 1.29 is 19.4 Å². The molecule has 1 aromatic heterocycles. The molecule has 0 bridgehead atoms. The van der Waals surface area contributed by atoms with Gasteiger partial charge in [-0.15, -0.1) is 0 Å². The van der Waals surface area contributed by atoms with E-state index in [0.717, 1.165) is 21.6 Å². The molecule has 1 aromatic carbocycles. The zero-order chi connectivity index (χ0) is 16.9. The van der Waals surface area contributed by atoms with Crippen molar-refractivity contribution in [3.05, 3.63) is 46.5 Å². The van der Waals surface area contributed by atoms with E-state index in [9.17, 15) is 9.59 Å². The van der Waals surface area contributed by atoms with E-state index in [1.54, 1.807) is 0 Å². The Morgan fingerprint density at radius 1 is 1.33 bits per heavy atom. The summed E-state index contributed by atoms with van der Waals surface area (Å²) in [6.07, 6.45) is 3.36. The number of hydrogen-bond donors (Lipinski definition) is 2. The van der Waals surface area contributed by atoms with Crippen molar-refractivity contribution in [2.24, 2.45) is 0 Å². The van der Waals surface area contributed by atoms with Gasteiger partial charge >= 0.3 is 5.97 Å². The van der Waals surface area contributed by atoms with E-state index in [-0.39, 0.29) is 5.82 Å². The summed E-state index contributed by atoms with van der Waals surface area (Å²) < 4.78 is 12.3. The molecule has 0 saturated carbocycles. The number of carbonyl (C=O) groups is 1. The summed E-state index contributed by atoms with van der Waals surface area (Å²) >= 11 is 0. The average Bonchev–Trinajstić information content (AvgIpc) is 2.58. The number of hydrogen-bond acceptors (Lipinski definition) is 6. The van der Waals surface area contributed by atoms with Gasteiger partial charge in [-0.05, 0) is 18.1 Å². The van der Waals surface area contributed by atoms with Gasteiger partial charge in [-0.2, -0.15) is 0 Å². The van der Waals surface area contributed by atoms with E-state index < -0.39 is 18.1 Å². The Hall–Kier alpha value is -3.03. The Kier molecular flexibility index (Phi) is 4.64. The number of rotatable bonds is 6. The molecular formula is C16H17N3O5. The Morgan fingerprint density at radius 2 is 2.17 bits per heavy atom. The second kappa shape index (κ2) is 7.03. The lowest BCUT2D eigenvalue weighted by atomic mass is 10.1. The first-order chi connectivity index (χ1) is 11.6. The molecular weight excluding hydrogens is 314 g/mol. The molecule has 0 fully saturated rings. The van der Waals surface area contributed by atoms with Crippen LogP contribution < -0.4 is 20.3 Å². The maximum atomic E-state index is 12.1. The summed E-state index contributed by atoms with van der Waals surface area (Å²) in [6, 6.07) is 5.69. The standard InChI is InChI=1S/C16H17N3O5/c20-13(21)10-19-7-6-18-15(16(19)22)17-5-4-11-2-1-3-12-14(11)24-9-8-23-12/h1-3,6-7H,4-5,8-10H2,(H,17,18)(H,20,21). The fraction of sp³-hybridized carbons (Fsp3) is 0.312. The molecule has 1 aliphatic heterocycles. The predicted molar refractivity (Wildman–Crippen MR) is 85.8 cm³/mol. The fourth-order valence-corrected chi connectivity index (χ4v) is 2.49. The number of nitrogens with zero attached hydrogens (tertiary/aromatic N) is 2. The van der Waals surface area contributed by atoms with E-state index in [1.165, 1.54) is 12.4 Å². The van der Waals surface area contributed by atoms with Crippen LogP contribution in [0.2, 0.25) is 0 Å². The molecule has 2 N–H and O–H groups in total. The average molecular weight is 331 g/mol. The van der Waals surface area contributed by atoms with Gasteiger partial charge in [0.1, 0.15) is 19.8 Å². The van der Waals surface area contributed by atoms with Crippen molar-refractivity contribution in [1.29, 1.82) is 0 Å². The Balaban J connectivity index is 1.67. The quantitative estimate of drug-likeness (QED) is 0.805. The summed E-state index contributed by atoms with van der Waals surface area (Å²) in [6.45, 7) is 1.11. The van der Waals surface area contributed by atoms with Crippen LogP contribution in [0.25, 0.3) is 0 Å². The topological polar surface area (TPSA) is 103 Å². The summed E-state index contributed by atoms with van der Waals surface area (Å²) in [5.74, 6) is 0.498. The minimum Gasteiger partial charge on any atom is -0.486 e. The Bertz CT molecular complexity index is 803. The van der Waals surface area contributed by atoms with Gasteiger partial charge in [-0.1, -0.05) is 12.1 Å². The third-order valence-corrected chi connectivity index (χ3v) is 3.55. The predicted octanol–water partition coefficient (Wildman–Crippen LogP) is 0.754. The molecule has 0 amide bonds. The van der Waals surface area contributed by atoms with Crippen LogP contribution in [0.4, 0.5) is 5.82 Å². The smallest absolute Gasteiger partial charge is 0.323 e. The largest absolute Gasteiger partial charge is 0.486 e. The van der Waals surface area contributed by atoms with Gasteiger partial charge in [0, 0.05) is 18.9 Å². The third-order valence-electron chi connectivity index (χ3n) is 3.55. The molecule has 0 atom stereocenters. The van der Waals surface area contributed by atoms with Gasteiger partial charge in [-0.3, -0.25) is 14.2 Å². The van der Waals surface area contributed by atoms with Gasteiger partial charge in [0.15, 0.2) is 17.3 Å².